The minimum absolute atomic E-state index is 0.128. The number of furan rings is 1. The van der Waals surface area contributed by atoms with Gasteiger partial charge in [-0.1, -0.05) is 18.2 Å². The van der Waals surface area contributed by atoms with Crippen LogP contribution in [0.2, 0.25) is 0 Å². The molecule has 0 radical (unpaired) electrons. The highest BCUT2D eigenvalue weighted by atomic mass is 16.5. The summed E-state index contributed by atoms with van der Waals surface area (Å²) in [4.78, 5) is 19.3. The van der Waals surface area contributed by atoms with Crippen molar-refractivity contribution < 1.29 is 18.4 Å². The Balaban J connectivity index is 1.47. The molecule has 1 saturated heterocycles. The van der Waals surface area contributed by atoms with Gasteiger partial charge in [-0.05, 0) is 60.4 Å². The summed E-state index contributed by atoms with van der Waals surface area (Å²) in [5.41, 5.74) is 3.57. The molecule has 2 aromatic carbocycles. The van der Waals surface area contributed by atoms with Gasteiger partial charge in [0.2, 0.25) is 5.89 Å². The van der Waals surface area contributed by atoms with E-state index in [1.54, 1.807) is 24.1 Å². The van der Waals surface area contributed by atoms with Gasteiger partial charge in [-0.3, -0.25) is 4.79 Å². The number of carbonyl (C=O) groups is 1. The largest absolute Gasteiger partial charge is 0.497 e. The number of benzene rings is 2. The number of hydrogen-bond acceptors (Lipinski definition) is 5. The first-order valence-electron chi connectivity index (χ1n) is 9.62. The van der Waals surface area contributed by atoms with Crippen LogP contribution in [0.3, 0.4) is 0 Å². The number of carbonyl (C=O) groups excluding carboxylic acids is 1. The molecule has 29 heavy (non-hydrogen) atoms. The molecular weight excluding hydrogens is 368 g/mol. The first-order valence-corrected chi connectivity index (χ1v) is 9.62. The van der Waals surface area contributed by atoms with Crippen molar-refractivity contribution in [2.75, 3.05) is 13.7 Å². The fourth-order valence-corrected chi connectivity index (χ4v) is 3.88. The molecule has 1 atom stereocenters. The third kappa shape index (κ3) is 3.16. The summed E-state index contributed by atoms with van der Waals surface area (Å²) in [6, 6.07) is 17.1. The van der Waals surface area contributed by atoms with E-state index in [0.717, 1.165) is 35.2 Å². The van der Waals surface area contributed by atoms with Crippen LogP contribution in [-0.4, -0.2) is 29.4 Å². The van der Waals surface area contributed by atoms with E-state index in [4.69, 9.17) is 18.6 Å². The normalized spacial score (nSPS) is 16.4. The van der Waals surface area contributed by atoms with Gasteiger partial charge in [0, 0.05) is 6.54 Å². The molecule has 0 aliphatic carbocycles. The van der Waals surface area contributed by atoms with E-state index >= 15 is 0 Å². The number of oxazole rings is 1. The average Bonchev–Trinajstić information content (AvgIpc) is 3.52. The van der Waals surface area contributed by atoms with Crippen LogP contribution in [-0.2, 0) is 0 Å². The maximum Gasteiger partial charge on any atom is 0.290 e. The monoisotopic (exact) mass is 388 g/mol. The Labute approximate surface area is 167 Å². The number of methoxy groups -OCH3 is 1. The molecule has 6 nitrogen and oxygen atoms in total. The van der Waals surface area contributed by atoms with Gasteiger partial charge in [0.25, 0.3) is 5.91 Å². The molecule has 6 heteroatoms. The zero-order valence-corrected chi connectivity index (χ0v) is 16.0. The highest BCUT2D eigenvalue weighted by molar-refractivity contribution is 5.92. The minimum atomic E-state index is -0.180. The third-order valence-corrected chi connectivity index (χ3v) is 5.34. The van der Waals surface area contributed by atoms with Crippen molar-refractivity contribution in [2.24, 2.45) is 0 Å². The van der Waals surface area contributed by atoms with E-state index < -0.39 is 0 Å². The van der Waals surface area contributed by atoms with Crippen LogP contribution in [0.1, 0.15) is 35.3 Å². The Kier molecular flexibility index (Phi) is 4.31. The SMILES string of the molecule is COc1cccc(-c2ccc3oc(C4CCCN4C(=O)c4ccco4)nc3c2)c1. The summed E-state index contributed by atoms with van der Waals surface area (Å²) in [6.45, 7) is 0.665. The topological polar surface area (TPSA) is 68.7 Å². The predicted molar refractivity (Wildman–Crippen MR) is 108 cm³/mol. The van der Waals surface area contributed by atoms with Gasteiger partial charge < -0.3 is 18.5 Å². The van der Waals surface area contributed by atoms with Crippen LogP contribution in [0.5, 0.6) is 5.75 Å². The standard InChI is InChI=1S/C23H20N2O4/c1-27-17-6-2-5-15(13-17)16-9-10-20-18(14-16)24-22(29-20)19-7-3-11-25(19)23(26)21-8-4-12-28-21/h2,4-6,8-10,12-14,19H,3,7,11H2,1H3. The van der Waals surface area contributed by atoms with Gasteiger partial charge in [0.1, 0.15) is 17.3 Å². The molecule has 5 rings (SSSR count). The summed E-state index contributed by atoms with van der Waals surface area (Å²) in [6.07, 6.45) is 3.24. The molecule has 146 valence electrons. The highest BCUT2D eigenvalue weighted by Gasteiger charge is 2.35. The van der Waals surface area contributed by atoms with Crippen LogP contribution in [0.25, 0.3) is 22.2 Å². The highest BCUT2D eigenvalue weighted by Crippen LogP contribution is 2.35. The van der Waals surface area contributed by atoms with Crippen molar-refractivity contribution in [3.05, 3.63) is 72.5 Å². The Bertz CT molecular complexity index is 1160. The summed E-state index contributed by atoms with van der Waals surface area (Å²) in [5, 5.41) is 0. The van der Waals surface area contributed by atoms with Crippen LogP contribution >= 0.6 is 0 Å². The second kappa shape index (κ2) is 7.13. The fraction of sp³-hybridized carbons (Fsp3) is 0.217. The second-order valence-corrected chi connectivity index (χ2v) is 7.10. The lowest BCUT2D eigenvalue weighted by atomic mass is 10.1. The number of nitrogens with zero attached hydrogens (tertiary/aromatic N) is 2. The molecular formula is C23H20N2O4. The van der Waals surface area contributed by atoms with E-state index in [2.05, 4.69) is 0 Å². The lowest BCUT2D eigenvalue weighted by molar-refractivity contribution is 0.0684. The summed E-state index contributed by atoms with van der Waals surface area (Å²) in [7, 11) is 1.66. The summed E-state index contributed by atoms with van der Waals surface area (Å²) in [5.74, 6) is 1.59. The smallest absolute Gasteiger partial charge is 0.290 e. The number of amides is 1. The molecule has 2 aromatic heterocycles. The molecule has 0 saturated carbocycles. The number of hydrogen-bond donors (Lipinski definition) is 0. The minimum Gasteiger partial charge on any atom is -0.497 e. The number of aromatic nitrogens is 1. The molecule has 1 amide bonds. The van der Waals surface area contributed by atoms with E-state index in [1.807, 2.05) is 42.5 Å². The van der Waals surface area contributed by atoms with Crippen molar-refractivity contribution in [1.29, 1.82) is 0 Å². The van der Waals surface area contributed by atoms with Gasteiger partial charge in [-0.2, -0.15) is 0 Å². The van der Waals surface area contributed by atoms with Crippen LogP contribution in [0.15, 0.2) is 69.7 Å². The van der Waals surface area contributed by atoms with Crippen molar-refractivity contribution in [1.82, 2.24) is 9.88 Å². The van der Waals surface area contributed by atoms with E-state index in [9.17, 15) is 4.79 Å². The van der Waals surface area contributed by atoms with Crippen molar-refractivity contribution >= 4 is 17.0 Å². The third-order valence-electron chi connectivity index (χ3n) is 5.34. The first kappa shape index (κ1) is 17.6. The number of ether oxygens (including phenoxy) is 1. The summed E-state index contributed by atoms with van der Waals surface area (Å²) < 4.78 is 16.6. The molecule has 1 aliphatic rings. The Morgan fingerprint density at radius 2 is 2.03 bits per heavy atom. The predicted octanol–water partition coefficient (Wildman–Crippen LogP) is 5.07. The maximum atomic E-state index is 12.8. The van der Waals surface area contributed by atoms with Crippen LogP contribution in [0, 0.1) is 0 Å². The fourth-order valence-electron chi connectivity index (χ4n) is 3.88. The molecule has 1 unspecified atom stereocenters. The number of likely N-dealkylation sites (tertiary alicyclic amines) is 1. The van der Waals surface area contributed by atoms with Crippen molar-refractivity contribution in [3.8, 4) is 16.9 Å². The molecule has 4 aromatic rings. The number of rotatable bonds is 4. The van der Waals surface area contributed by atoms with E-state index in [1.165, 1.54) is 6.26 Å². The van der Waals surface area contributed by atoms with E-state index in [-0.39, 0.29) is 11.9 Å². The maximum absolute atomic E-state index is 12.8. The van der Waals surface area contributed by atoms with Gasteiger partial charge in [0.15, 0.2) is 11.3 Å². The van der Waals surface area contributed by atoms with Crippen LogP contribution in [0.4, 0.5) is 0 Å². The van der Waals surface area contributed by atoms with Gasteiger partial charge >= 0.3 is 0 Å². The zero-order valence-electron chi connectivity index (χ0n) is 16.0. The number of fused-ring (bicyclic) bond motifs is 1. The molecule has 1 aliphatic heterocycles. The zero-order chi connectivity index (χ0) is 19.8. The molecule has 0 N–H and O–H groups in total. The molecule has 0 spiro atoms. The second-order valence-electron chi connectivity index (χ2n) is 7.10. The molecule has 1 fully saturated rings. The van der Waals surface area contributed by atoms with Gasteiger partial charge in [0.05, 0.1) is 13.4 Å². The Morgan fingerprint density at radius 3 is 2.86 bits per heavy atom. The summed E-state index contributed by atoms with van der Waals surface area (Å²) >= 11 is 0. The Hall–Kier alpha value is -3.54. The van der Waals surface area contributed by atoms with Gasteiger partial charge in [-0.15, -0.1) is 0 Å². The van der Waals surface area contributed by atoms with Crippen molar-refractivity contribution in [2.45, 2.75) is 18.9 Å². The Morgan fingerprint density at radius 1 is 1.14 bits per heavy atom. The lowest BCUT2D eigenvalue weighted by Gasteiger charge is -2.20. The molecule has 0 bridgehead atoms. The lowest BCUT2D eigenvalue weighted by Crippen LogP contribution is -2.30. The quantitative estimate of drug-likeness (QED) is 0.488. The van der Waals surface area contributed by atoms with E-state index in [0.29, 0.717) is 23.8 Å². The first-order chi connectivity index (χ1) is 14.2. The van der Waals surface area contributed by atoms with Crippen molar-refractivity contribution in [3.63, 3.8) is 0 Å². The van der Waals surface area contributed by atoms with Gasteiger partial charge in [-0.25, -0.2) is 4.98 Å². The average molecular weight is 388 g/mol. The molecule has 3 heterocycles. The van der Waals surface area contributed by atoms with Crippen LogP contribution < -0.4 is 4.74 Å².